The highest BCUT2D eigenvalue weighted by Gasteiger charge is 2.13. The van der Waals surface area contributed by atoms with Gasteiger partial charge in [0, 0.05) is 24.8 Å². The maximum atomic E-state index is 13.2. The van der Waals surface area contributed by atoms with Crippen LogP contribution < -0.4 is 10.6 Å². The highest BCUT2D eigenvalue weighted by Crippen LogP contribution is 2.26. The minimum atomic E-state index is -0.240. The summed E-state index contributed by atoms with van der Waals surface area (Å²) in [6.07, 6.45) is 2.88. The normalized spacial score (nSPS) is 12.2. The summed E-state index contributed by atoms with van der Waals surface area (Å²) in [4.78, 5) is 2.17. The van der Waals surface area contributed by atoms with Crippen LogP contribution in [0.4, 0.5) is 10.1 Å². The average Bonchev–Trinajstić information content (AvgIpc) is 2.28. The molecule has 0 unspecified atom stereocenters. The van der Waals surface area contributed by atoms with Crippen molar-refractivity contribution in [3.63, 3.8) is 0 Å². The van der Waals surface area contributed by atoms with Crippen LogP contribution in [0.2, 0.25) is 0 Å². The minimum absolute atomic E-state index is 0.176. The Hall–Kier alpha value is -1.35. The number of hydrogen-bond acceptors (Lipinski definition) is 2. The highest BCUT2D eigenvalue weighted by atomic mass is 19.1. The molecule has 0 bridgehead atoms. The molecule has 1 aromatic carbocycles. The molecule has 0 aromatic heterocycles. The number of rotatable bonds is 6. The molecule has 0 heterocycles. The average molecular weight is 236 g/mol. The van der Waals surface area contributed by atoms with Crippen molar-refractivity contribution < 1.29 is 4.39 Å². The topological polar surface area (TPSA) is 29.3 Å². The van der Waals surface area contributed by atoms with Gasteiger partial charge in [-0.1, -0.05) is 13.0 Å². The van der Waals surface area contributed by atoms with E-state index in [2.05, 4.69) is 18.4 Å². The second kappa shape index (κ2) is 6.40. The molecule has 3 heteroatoms. The van der Waals surface area contributed by atoms with E-state index in [4.69, 9.17) is 5.73 Å². The van der Waals surface area contributed by atoms with Gasteiger partial charge in [0.05, 0.1) is 0 Å². The van der Waals surface area contributed by atoms with Crippen LogP contribution in [0.5, 0.6) is 0 Å². The summed E-state index contributed by atoms with van der Waals surface area (Å²) in [5.41, 5.74) is 7.74. The summed E-state index contributed by atoms with van der Waals surface area (Å²) in [5.74, 6) is -0.240. The van der Waals surface area contributed by atoms with Crippen LogP contribution in [-0.4, -0.2) is 13.1 Å². The van der Waals surface area contributed by atoms with E-state index >= 15 is 0 Å². The zero-order valence-electron chi connectivity index (χ0n) is 10.6. The van der Waals surface area contributed by atoms with Crippen molar-refractivity contribution in [3.05, 3.63) is 42.2 Å². The second-order valence-corrected chi connectivity index (χ2v) is 4.23. The fourth-order valence-corrected chi connectivity index (χ4v) is 1.91. The lowest BCUT2D eigenvalue weighted by atomic mass is 10.1. The monoisotopic (exact) mass is 236 g/mol. The van der Waals surface area contributed by atoms with Crippen LogP contribution in [-0.2, 0) is 0 Å². The lowest BCUT2D eigenvalue weighted by Crippen LogP contribution is -2.26. The Labute approximate surface area is 103 Å². The molecule has 0 amide bonds. The van der Waals surface area contributed by atoms with E-state index in [0.29, 0.717) is 0 Å². The quantitative estimate of drug-likeness (QED) is 0.768. The molecule has 2 nitrogen and oxygen atoms in total. The SMILES string of the molecule is C=CCN(CCC)c1ccc(F)cc1[C@@H](C)N. The molecule has 1 atom stereocenters. The Morgan fingerprint density at radius 2 is 2.24 bits per heavy atom. The Kier molecular flexibility index (Phi) is 5.16. The number of hydrogen-bond donors (Lipinski definition) is 1. The molecule has 94 valence electrons. The Morgan fingerprint density at radius 3 is 2.76 bits per heavy atom. The fourth-order valence-electron chi connectivity index (χ4n) is 1.91. The Morgan fingerprint density at radius 1 is 1.53 bits per heavy atom. The summed E-state index contributed by atoms with van der Waals surface area (Å²) >= 11 is 0. The molecule has 0 fully saturated rings. The van der Waals surface area contributed by atoms with Crippen molar-refractivity contribution in [2.75, 3.05) is 18.0 Å². The molecular weight excluding hydrogens is 215 g/mol. The van der Waals surface area contributed by atoms with Crippen LogP contribution in [0.1, 0.15) is 31.9 Å². The molecular formula is C14H21FN2. The number of nitrogens with zero attached hydrogens (tertiary/aromatic N) is 1. The van der Waals surface area contributed by atoms with Gasteiger partial charge >= 0.3 is 0 Å². The van der Waals surface area contributed by atoms with E-state index in [-0.39, 0.29) is 11.9 Å². The van der Waals surface area contributed by atoms with E-state index in [1.807, 2.05) is 13.0 Å². The molecule has 1 rings (SSSR count). The van der Waals surface area contributed by atoms with Gasteiger partial charge in [-0.15, -0.1) is 6.58 Å². The largest absolute Gasteiger partial charge is 0.368 e. The van der Waals surface area contributed by atoms with Crippen molar-refractivity contribution in [2.45, 2.75) is 26.3 Å². The molecule has 2 N–H and O–H groups in total. The lowest BCUT2D eigenvalue weighted by molar-refractivity contribution is 0.621. The van der Waals surface area contributed by atoms with Gasteiger partial charge in [0.15, 0.2) is 0 Å². The zero-order valence-corrected chi connectivity index (χ0v) is 10.6. The number of benzene rings is 1. The molecule has 0 saturated carbocycles. The molecule has 0 aliphatic carbocycles. The van der Waals surface area contributed by atoms with Crippen molar-refractivity contribution >= 4 is 5.69 Å². The maximum absolute atomic E-state index is 13.2. The molecule has 1 aromatic rings. The fraction of sp³-hybridized carbons (Fsp3) is 0.429. The Balaban J connectivity index is 3.11. The smallest absolute Gasteiger partial charge is 0.123 e. The lowest BCUT2D eigenvalue weighted by Gasteiger charge is -2.26. The third-order valence-electron chi connectivity index (χ3n) is 2.66. The van der Waals surface area contributed by atoms with E-state index in [0.717, 1.165) is 30.8 Å². The predicted molar refractivity (Wildman–Crippen MR) is 71.7 cm³/mol. The van der Waals surface area contributed by atoms with Gasteiger partial charge < -0.3 is 10.6 Å². The molecule has 0 aliphatic heterocycles. The summed E-state index contributed by atoms with van der Waals surface area (Å²) in [6, 6.07) is 4.62. The molecule has 0 spiro atoms. The van der Waals surface area contributed by atoms with E-state index in [1.54, 1.807) is 6.07 Å². The van der Waals surface area contributed by atoms with Gasteiger partial charge in [-0.05, 0) is 37.1 Å². The van der Waals surface area contributed by atoms with Crippen molar-refractivity contribution in [2.24, 2.45) is 5.73 Å². The first kappa shape index (κ1) is 13.7. The number of nitrogens with two attached hydrogens (primary N) is 1. The van der Waals surface area contributed by atoms with Crippen molar-refractivity contribution in [1.82, 2.24) is 0 Å². The van der Waals surface area contributed by atoms with Crippen LogP contribution in [0.3, 0.4) is 0 Å². The standard InChI is InChI=1S/C14H21FN2/c1-4-8-17(9-5-2)14-7-6-12(15)10-13(14)11(3)16/h4,6-7,10-11H,1,5,8-9,16H2,2-3H3/t11-/m1/s1. The van der Waals surface area contributed by atoms with E-state index in [9.17, 15) is 4.39 Å². The minimum Gasteiger partial charge on any atom is -0.368 e. The van der Waals surface area contributed by atoms with Crippen LogP contribution in [0.25, 0.3) is 0 Å². The van der Waals surface area contributed by atoms with E-state index in [1.165, 1.54) is 12.1 Å². The van der Waals surface area contributed by atoms with E-state index < -0.39 is 0 Å². The summed E-state index contributed by atoms with van der Waals surface area (Å²) in [5, 5.41) is 0. The molecule has 17 heavy (non-hydrogen) atoms. The van der Waals surface area contributed by atoms with Gasteiger partial charge in [-0.2, -0.15) is 0 Å². The summed E-state index contributed by atoms with van der Waals surface area (Å²) < 4.78 is 13.2. The van der Waals surface area contributed by atoms with Gasteiger partial charge in [-0.25, -0.2) is 4.39 Å². The molecule has 0 aliphatic rings. The maximum Gasteiger partial charge on any atom is 0.123 e. The van der Waals surface area contributed by atoms with Crippen molar-refractivity contribution in [3.8, 4) is 0 Å². The number of halogens is 1. The third-order valence-corrected chi connectivity index (χ3v) is 2.66. The zero-order chi connectivity index (χ0) is 12.8. The van der Waals surface area contributed by atoms with Gasteiger partial charge in [0.2, 0.25) is 0 Å². The summed E-state index contributed by atoms with van der Waals surface area (Å²) in [7, 11) is 0. The molecule has 0 saturated heterocycles. The first-order valence-corrected chi connectivity index (χ1v) is 6.01. The third kappa shape index (κ3) is 3.56. The summed E-state index contributed by atoms with van der Waals surface area (Å²) in [6.45, 7) is 9.40. The van der Waals surface area contributed by atoms with Crippen LogP contribution in [0.15, 0.2) is 30.9 Å². The number of anilines is 1. The van der Waals surface area contributed by atoms with Crippen LogP contribution >= 0.6 is 0 Å². The highest BCUT2D eigenvalue weighted by molar-refractivity contribution is 5.55. The van der Waals surface area contributed by atoms with Gasteiger partial charge in [-0.3, -0.25) is 0 Å². The molecule has 0 radical (unpaired) electrons. The second-order valence-electron chi connectivity index (χ2n) is 4.23. The van der Waals surface area contributed by atoms with Gasteiger partial charge in [0.1, 0.15) is 5.82 Å². The van der Waals surface area contributed by atoms with Crippen molar-refractivity contribution in [1.29, 1.82) is 0 Å². The van der Waals surface area contributed by atoms with Crippen LogP contribution in [0, 0.1) is 5.82 Å². The van der Waals surface area contributed by atoms with Gasteiger partial charge in [0.25, 0.3) is 0 Å². The first-order valence-electron chi connectivity index (χ1n) is 6.01. The first-order chi connectivity index (χ1) is 8.10. The predicted octanol–water partition coefficient (Wildman–Crippen LogP) is 3.25. The Bertz CT molecular complexity index is 374.